The number of hydrogen-bond acceptors (Lipinski definition) is 3. The molecule has 102 valence electrons. The van der Waals surface area contributed by atoms with Gasteiger partial charge in [0.05, 0.1) is 7.11 Å². The highest BCUT2D eigenvalue weighted by atomic mass is 32.2. The van der Waals surface area contributed by atoms with Crippen LogP contribution < -0.4 is 10.1 Å². The highest BCUT2D eigenvalue weighted by Gasteiger charge is 2.04. The fourth-order valence-corrected chi connectivity index (χ4v) is 2.39. The topological polar surface area (TPSA) is 21.3 Å². The molecule has 0 spiro atoms. The van der Waals surface area contributed by atoms with Gasteiger partial charge in [0.2, 0.25) is 0 Å². The highest BCUT2D eigenvalue weighted by Crippen LogP contribution is 2.18. The molecule has 0 bridgehead atoms. The minimum atomic E-state index is 0.389. The number of methoxy groups -OCH3 is 1. The minimum Gasteiger partial charge on any atom is -0.497 e. The van der Waals surface area contributed by atoms with Gasteiger partial charge in [-0.15, -0.1) is 0 Å². The minimum absolute atomic E-state index is 0.389. The molecular formula is C15H25NOS. The van der Waals surface area contributed by atoms with Gasteiger partial charge in [-0.05, 0) is 56.0 Å². The number of rotatable bonds is 9. The van der Waals surface area contributed by atoms with E-state index in [-0.39, 0.29) is 0 Å². The molecule has 1 aromatic rings. The lowest BCUT2D eigenvalue weighted by Crippen LogP contribution is -2.19. The van der Waals surface area contributed by atoms with Crippen LogP contribution in [-0.2, 0) is 0 Å². The van der Waals surface area contributed by atoms with Gasteiger partial charge in [0, 0.05) is 6.04 Å². The van der Waals surface area contributed by atoms with E-state index in [4.69, 9.17) is 4.74 Å². The first-order valence-electron chi connectivity index (χ1n) is 6.64. The second kappa shape index (κ2) is 9.29. The lowest BCUT2D eigenvalue weighted by atomic mass is 10.1. The van der Waals surface area contributed by atoms with Crippen LogP contribution in [0.5, 0.6) is 5.75 Å². The largest absolute Gasteiger partial charge is 0.497 e. The van der Waals surface area contributed by atoms with Gasteiger partial charge in [-0.25, -0.2) is 0 Å². The highest BCUT2D eigenvalue weighted by molar-refractivity contribution is 7.98. The Balaban J connectivity index is 2.25. The number of benzene rings is 1. The molecule has 1 N–H and O–H groups in total. The molecule has 1 atom stereocenters. The predicted molar refractivity (Wildman–Crippen MR) is 81.6 cm³/mol. The SMILES string of the molecule is COc1cccc(C(C)NCCCCCSC)c1. The standard InChI is InChI=1S/C15H25NOS/c1-13(16-10-5-4-6-11-18-3)14-8-7-9-15(12-14)17-2/h7-9,12-13,16H,4-6,10-11H2,1-3H3. The molecule has 0 aliphatic carbocycles. The molecular weight excluding hydrogens is 242 g/mol. The molecule has 1 rings (SSSR count). The van der Waals surface area contributed by atoms with Crippen LogP contribution in [0, 0.1) is 0 Å². The molecule has 0 aliphatic rings. The second-order valence-corrected chi connectivity index (χ2v) is 5.49. The van der Waals surface area contributed by atoms with Crippen molar-refractivity contribution in [2.45, 2.75) is 32.2 Å². The lowest BCUT2D eigenvalue weighted by molar-refractivity contribution is 0.413. The molecule has 3 heteroatoms. The lowest BCUT2D eigenvalue weighted by Gasteiger charge is -2.15. The molecule has 0 aromatic heterocycles. The average molecular weight is 267 g/mol. The van der Waals surface area contributed by atoms with E-state index in [1.165, 1.54) is 30.6 Å². The van der Waals surface area contributed by atoms with Crippen LogP contribution in [0.25, 0.3) is 0 Å². The molecule has 1 aromatic carbocycles. The van der Waals surface area contributed by atoms with Crippen molar-refractivity contribution in [1.29, 1.82) is 0 Å². The van der Waals surface area contributed by atoms with Crippen LogP contribution in [0.4, 0.5) is 0 Å². The average Bonchev–Trinajstić information content (AvgIpc) is 2.42. The molecule has 2 nitrogen and oxygen atoms in total. The maximum Gasteiger partial charge on any atom is 0.119 e. The summed E-state index contributed by atoms with van der Waals surface area (Å²) in [6, 6.07) is 8.67. The Morgan fingerprint density at radius 1 is 1.28 bits per heavy atom. The van der Waals surface area contributed by atoms with Crippen LogP contribution in [0.1, 0.15) is 37.8 Å². The second-order valence-electron chi connectivity index (χ2n) is 4.51. The normalized spacial score (nSPS) is 12.4. The third-order valence-electron chi connectivity index (χ3n) is 3.07. The Morgan fingerprint density at radius 3 is 2.83 bits per heavy atom. The summed E-state index contributed by atoms with van der Waals surface area (Å²) in [5.74, 6) is 2.21. The van der Waals surface area contributed by atoms with Crippen molar-refractivity contribution in [2.24, 2.45) is 0 Å². The zero-order chi connectivity index (χ0) is 13.2. The zero-order valence-corrected chi connectivity index (χ0v) is 12.6. The molecule has 1 unspecified atom stereocenters. The summed E-state index contributed by atoms with van der Waals surface area (Å²) >= 11 is 1.93. The Kier molecular flexibility index (Phi) is 7.94. The quantitative estimate of drug-likeness (QED) is 0.686. The van der Waals surface area contributed by atoms with Crippen molar-refractivity contribution in [3.05, 3.63) is 29.8 Å². The van der Waals surface area contributed by atoms with Gasteiger partial charge in [0.1, 0.15) is 5.75 Å². The van der Waals surface area contributed by atoms with E-state index >= 15 is 0 Å². The Bertz CT molecular complexity index is 330. The molecule has 0 saturated carbocycles. The van der Waals surface area contributed by atoms with E-state index in [2.05, 4.69) is 30.6 Å². The van der Waals surface area contributed by atoms with Gasteiger partial charge in [-0.1, -0.05) is 18.6 Å². The number of nitrogens with one attached hydrogen (secondary N) is 1. The van der Waals surface area contributed by atoms with Gasteiger partial charge < -0.3 is 10.1 Å². The first kappa shape index (κ1) is 15.4. The van der Waals surface area contributed by atoms with Gasteiger partial charge >= 0.3 is 0 Å². The van der Waals surface area contributed by atoms with Crippen LogP contribution in [0.3, 0.4) is 0 Å². The third-order valence-corrected chi connectivity index (χ3v) is 3.77. The smallest absolute Gasteiger partial charge is 0.119 e. The number of hydrogen-bond donors (Lipinski definition) is 1. The summed E-state index contributed by atoms with van der Waals surface area (Å²) in [6.45, 7) is 3.30. The van der Waals surface area contributed by atoms with Crippen LogP contribution >= 0.6 is 11.8 Å². The van der Waals surface area contributed by atoms with Crippen molar-refractivity contribution in [1.82, 2.24) is 5.32 Å². The summed E-state index contributed by atoms with van der Waals surface area (Å²) < 4.78 is 5.24. The van der Waals surface area contributed by atoms with E-state index < -0.39 is 0 Å². The van der Waals surface area contributed by atoms with E-state index in [1.807, 2.05) is 23.9 Å². The van der Waals surface area contributed by atoms with Gasteiger partial charge in [-0.2, -0.15) is 11.8 Å². The molecule has 0 saturated heterocycles. The first-order valence-corrected chi connectivity index (χ1v) is 8.03. The zero-order valence-electron chi connectivity index (χ0n) is 11.7. The van der Waals surface area contributed by atoms with E-state index in [0.717, 1.165) is 12.3 Å². The fraction of sp³-hybridized carbons (Fsp3) is 0.600. The van der Waals surface area contributed by atoms with E-state index in [1.54, 1.807) is 7.11 Å². The van der Waals surface area contributed by atoms with Crippen molar-refractivity contribution < 1.29 is 4.74 Å². The summed E-state index contributed by atoms with van der Waals surface area (Å²) in [5.41, 5.74) is 1.29. The molecule has 0 heterocycles. The molecule has 0 fully saturated rings. The Morgan fingerprint density at radius 2 is 2.11 bits per heavy atom. The number of thioether (sulfide) groups is 1. The maximum absolute atomic E-state index is 5.24. The summed E-state index contributed by atoms with van der Waals surface area (Å²) in [6.07, 6.45) is 6.08. The van der Waals surface area contributed by atoms with Gasteiger partial charge in [0.15, 0.2) is 0 Å². The van der Waals surface area contributed by atoms with Crippen LogP contribution in [0.15, 0.2) is 24.3 Å². The molecule has 0 aliphatic heterocycles. The third kappa shape index (κ3) is 5.78. The Labute approximate surface area is 116 Å². The van der Waals surface area contributed by atoms with Crippen molar-refractivity contribution in [3.8, 4) is 5.75 Å². The monoisotopic (exact) mass is 267 g/mol. The summed E-state index contributed by atoms with van der Waals surface area (Å²) in [5, 5.41) is 3.56. The van der Waals surface area contributed by atoms with E-state index in [9.17, 15) is 0 Å². The van der Waals surface area contributed by atoms with Crippen molar-refractivity contribution >= 4 is 11.8 Å². The summed E-state index contributed by atoms with van der Waals surface area (Å²) in [7, 11) is 1.71. The fourth-order valence-electron chi connectivity index (χ4n) is 1.90. The number of unbranched alkanes of at least 4 members (excludes halogenated alkanes) is 2. The molecule has 0 amide bonds. The van der Waals surface area contributed by atoms with Crippen molar-refractivity contribution in [2.75, 3.05) is 25.7 Å². The van der Waals surface area contributed by atoms with Gasteiger partial charge in [-0.3, -0.25) is 0 Å². The molecule has 18 heavy (non-hydrogen) atoms. The maximum atomic E-state index is 5.24. The first-order chi connectivity index (χ1) is 8.77. The van der Waals surface area contributed by atoms with E-state index in [0.29, 0.717) is 6.04 Å². The Hall–Kier alpha value is -0.670. The van der Waals surface area contributed by atoms with Crippen LogP contribution in [0.2, 0.25) is 0 Å². The van der Waals surface area contributed by atoms with Gasteiger partial charge in [0.25, 0.3) is 0 Å². The van der Waals surface area contributed by atoms with Crippen molar-refractivity contribution in [3.63, 3.8) is 0 Å². The van der Waals surface area contributed by atoms with Crippen LogP contribution in [-0.4, -0.2) is 25.7 Å². The predicted octanol–water partition coefficient (Wildman–Crippen LogP) is 3.88. The molecule has 0 radical (unpaired) electrons. The number of ether oxygens (including phenoxy) is 1. The summed E-state index contributed by atoms with van der Waals surface area (Å²) in [4.78, 5) is 0.